The average Bonchev–Trinajstić information content (AvgIpc) is 2.38. The van der Waals surface area contributed by atoms with E-state index in [1.54, 1.807) is 7.11 Å². The van der Waals surface area contributed by atoms with Gasteiger partial charge in [-0.25, -0.2) is 0 Å². The molecule has 3 heteroatoms. The van der Waals surface area contributed by atoms with Gasteiger partial charge in [-0.3, -0.25) is 0 Å². The summed E-state index contributed by atoms with van der Waals surface area (Å²) in [7, 11) is 1.63. The average molecular weight is 235 g/mol. The molecule has 0 amide bonds. The molecule has 1 saturated carbocycles. The fourth-order valence-corrected chi connectivity index (χ4v) is 2.32. The van der Waals surface area contributed by atoms with Gasteiger partial charge in [-0.2, -0.15) is 0 Å². The van der Waals surface area contributed by atoms with E-state index < -0.39 is 0 Å². The first kappa shape index (κ1) is 12.2. The van der Waals surface area contributed by atoms with Crippen LogP contribution in [-0.4, -0.2) is 13.2 Å². The Kier molecular flexibility index (Phi) is 4.26. The molecule has 1 aromatic rings. The van der Waals surface area contributed by atoms with Crippen molar-refractivity contribution in [1.82, 2.24) is 0 Å². The van der Waals surface area contributed by atoms with Crippen LogP contribution in [0, 0.1) is 0 Å². The van der Waals surface area contributed by atoms with Crippen molar-refractivity contribution in [3.05, 3.63) is 23.8 Å². The third-order valence-electron chi connectivity index (χ3n) is 3.33. The van der Waals surface area contributed by atoms with Crippen molar-refractivity contribution in [1.29, 1.82) is 0 Å². The lowest BCUT2D eigenvalue weighted by atomic mass is 9.98. The number of methoxy groups -OCH3 is 1. The van der Waals surface area contributed by atoms with Crippen LogP contribution in [0.2, 0.25) is 0 Å². The minimum atomic E-state index is 0.437. The van der Waals surface area contributed by atoms with E-state index in [9.17, 15) is 0 Å². The van der Waals surface area contributed by atoms with Gasteiger partial charge in [0.15, 0.2) is 0 Å². The molecule has 1 aromatic carbocycles. The molecular weight excluding hydrogens is 214 g/mol. The van der Waals surface area contributed by atoms with E-state index in [0.29, 0.717) is 18.4 Å². The summed E-state index contributed by atoms with van der Waals surface area (Å²) >= 11 is 0. The monoisotopic (exact) mass is 235 g/mol. The molecule has 17 heavy (non-hydrogen) atoms. The Bertz CT molecular complexity index is 359. The Morgan fingerprint density at radius 1 is 1.24 bits per heavy atom. The summed E-state index contributed by atoms with van der Waals surface area (Å²) in [5.41, 5.74) is 7.66. The van der Waals surface area contributed by atoms with E-state index in [2.05, 4.69) is 0 Å². The maximum absolute atomic E-state index is 5.90. The van der Waals surface area contributed by atoms with Gasteiger partial charge in [0.05, 0.1) is 25.5 Å². The molecule has 0 radical (unpaired) electrons. The van der Waals surface area contributed by atoms with E-state index in [1.807, 2.05) is 18.2 Å². The molecule has 0 aliphatic heterocycles. The molecule has 0 bridgehead atoms. The number of benzene rings is 1. The van der Waals surface area contributed by atoms with Crippen LogP contribution in [0.5, 0.6) is 5.75 Å². The summed E-state index contributed by atoms with van der Waals surface area (Å²) in [4.78, 5) is 0. The molecule has 0 unspecified atom stereocenters. The zero-order valence-corrected chi connectivity index (χ0v) is 10.4. The first-order valence-electron chi connectivity index (χ1n) is 6.33. The number of ether oxygens (including phenoxy) is 2. The molecule has 1 aliphatic rings. The minimum absolute atomic E-state index is 0.437. The second kappa shape index (κ2) is 5.92. The van der Waals surface area contributed by atoms with Gasteiger partial charge in [0.25, 0.3) is 0 Å². The number of anilines is 1. The number of nitrogens with two attached hydrogens (primary N) is 1. The first-order valence-corrected chi connectivity index (χ1v) is 6.33. The number of hydrogen-bond donors (Lipinski definition) is 1. The van der Waals surface area contributed by atoms with Gasteiger partial charge in [0, 0.05) is 0 Å². The van der Waals surface area contributed by atoms with E-state index in [4.69, 9.17) is 15.2 Å². The Hall–Kier alpha value is -1.22. The summed E-state index contributed by atoms with van der Waals surface area (Å²) in [6.45, 7) is 0.652. The normalized spacial score (nSPS) is 17.0. The van der Waals surface area contributed by atoms with Crippen LogP contribution in [0.3, 0.4) is 0 Å². The molecule has 1 fully saturated rings. The van der Waals surface area contributed by atoms with Crippen molar-refractivity contribution in [3.8, 4) is 5.75 Å². The number of nitrogen functional groups attached to an aromatic ring is 1. The SMILES string of the molecule is COc1ccc(COC2CCCCC2)cc1N. The van der Waals surface area contributed by atoms with Gasteiger partial charge in [-0.15, -0.1) is 0 Å². The third-order valence-corrected chi connectivity index (χ3v) is 3.33. The molecule has 0 saturated heterocycles. The zero-order chi connectivity index (χ0) is 12.1. The highest BCUT2D eigenvalue weighted by molar-refractivity contribution is 5.54. The molecular formula is C14H21NO2. The molecule has 0 atom stereocenters. The molecule has 0 aromatic heterocycles. The maximum atomic E-state index is 5.90. The molecule has 2 rings (SSSR count). The third kappa shape index (κ3) is 3.37. The molecule has 2 N–H and O–H groups in total. The van der Waals surface area contributed by atoms with Crippen LogP contribution < -0.4 is 10.5 Å². The highest BCUT2D eigenvalue weighted by Crippen LogP contribution is 2.24. The first-order chi connectivity index (χ1) is 8.29. The summed E-state index contributed by atoms with van der Waals surface area (Å²) in [5.74, 6) is 0.728. The van der Waals surface area contributed by atoms with Crippen molar-refractivity contribution in [2.75, 3.05) is 12.8 Å². The Morgan fingerprint density at radius 3 is 2.65 bits per heavy atom. The summed E-state index contributed by atoms with van der Waals surface area (Å²) in [6.07, 6.45) is 6.80. The van der Waals surface area contributed by atoms with Crippen molar-refractivity contribution >= 4 is 5.69 Å². The fraction of sp³-hybridized carbons (Fsp3) is 0.571. The van der Waals surface area contributed by atoms with Crippen LogP contribution in [0.15, 0.2) is 18.2 Å². The Morgan fingerprint density at radius 2 is 2.00 bits per heavy atom. The molecule has 0 heterocycles. The van der Waals surface area contributed by atoms with Gasteiger partial charge in [-0.1, -0.05) is 25.3 Å². The standard InChI is InChI=1S/C14H21NO2/c1-16-14-8-7-11(9-13(14)15)10-17-12-5-3-2-4-6-12/h7-9,12H,2-6,10,15H2,1H3. The highest BCUT2D eigenvalue weighted by Gasteiger charge is 2.13. The van der Waals surface area contributed by atoms with E-state index >= 15 is 0 Å². The lowest BCUT2D eigenvalue weighted by molar-refractivity contribution is 0.0169. The smallest absolute Gasteiger partial charge is 0.141 e. The maximum Gasteiger partial charge on any atom is 0.141 e. The van der Waals surface area contributed by atoms with Crippen LogP contribution in [0.4, 0.5) is 5.69 Å². The molecule has 0 spiro atoms. The number of hydrogen-bond acceptors (Lipinski definition) is 3. The molecule has 1 aliphatic carbocycles. The quantitative estimate of drug-likeness (QED) is 0.815. The van der Waals surface area contributed by atoms with Crippen molar-refractivity contribution in [3.63, 3.8) is 0 Å². The Balaban J connectivity index is 1.87. The predicted molar refractivity (Wildman–Crippen MR) is 69.1 cm³/mol. The van der Waals surface area contributed by atoms with Crippen LogP contribution in [-0.2, 0) is 11.3 Å². The summed E-state index contributed by atoms with van der Waals surface area (Å²) in [5, 5.41) is 0. The van der Waals surface area contributed by atoms with E-state index in [1.165, 1.54) is 32.1 Å². The summed E-state index contributed by atoms with van der Waals surface area (Å²) in [6, 6.07) is 5.84. The topological polar surface area (TPSA) is 44.5 Å². The lowest BCUT2D eigenvalue weighted by Gasteiger charge is -2.22. The van der Waals surface area contributed by atoms with Crippen molar-refractivity contribution in [2.45, 2.75) is 44.8 Å². The fourth-order valence-electron chi connectivity index (χ4n) is 2.32. The second-order valence-electron chi connectivity index (χ2n) is 4.65. The minimum Gasteiger partial charge on any atom is -0.495 e. The Labute approximate surface area is 103 Å². The van der Waals surface area contributed by atoms with Crippen LogP contribution >= 0.6 is 0 Å². The van der Waals surface area contributed by atoms with E-state index in [-0.39, 0.29) is 0 Å². The number of rotatable bonds is 4. The van der Waals surface area contributed by atoms with Crippen molar-refractivity contribution < 1.29 is 9.47 Å². The van der Waals surface area contributed by atoms with Gasteiger partial charge < -0.3 is 15.2 Å². The molecule has 94 valence electrons. The van der Waals surface area contributed by atoms with E-state index in [0.717, 1.165) is 11.3 Å². The highest BCUT2D eigenvalue weighted by atomic mass is 16.5. The summed E-state index contributed by atoms with van der Waals surface area (Å²) < 4.78 is 11.0. The second-order valence-corrected chi connectivity index (χ2v) is 4.65. The van der Waals surface area contributed by atoms with Gasteiger partial charge in [-0.05, 0) is 30.5 Å². The van der Waals surface area contributed by atoms with Crippen LogP contribution in [0.1, 0.15) is 37.7 Å². The largest absolute Gasteiger partial charge is 0.495 e. The van der Waals surface area contributed by atoms with Crippen molar-refractivity contribution in [2.24, 2.45) is 0 Å². The predicted octanol–water partition coefficient (Wildman–Crippen LogP) is 3.13. The van der Waals surface area contributed by atoms with Gasteiger partial charge in [0.2, 0.25) is 0 Å². The molecule has 3 nitrogen and oxygen atoms in total. The zero-order valence-electron chi connectivity index (χ0n) is 10.4. The lowest BCUT2D eigenvalue weighted by Crippen LogP contribution is -2.16. The van der Waals surface area contributed by atoms with Crippen LogP contribution in [0.25, 0.3) is 0 Å². The van der Waals surface area contributed by atoms with Gasteiger partial charge in [0.1, 0.15) is 5.75 Å². The van der Waals surface area contributed by atoms with Gasteiger partial charge >= 0.3 is 0 Å².